The molecule has 0 bridgehead atoms. The van der Waals surface area contributed by atoms with E-state index < -0.39 is 0 Å². The molecule has 0 aliphatic heterocycles. The summed E-state index contributed by atoms with van der Waals surface area (Å²) in [7, 11) is 1.71. The van der Waals surface area contributed by atoms with E-state index in [1.807, 2.05) is 12.1 Å². The number of rotatable bonds is 8. The fourth-order valence-corrected chi connectivity index (χ4v) is 1.77. The van der Waals surface area contributed by atoms with Crippen molar-refractivity contribution < 1.29 is 9.47 Å². The van der Waals surface area contributed by atoms with Gasteiger partial charge in [0.2, 0.25) is 5.88 Å². The van der Waals surface area contributed by atoms with Gasteiger partial charge in [-0.15, -0.1) is 0 Å². The van der Waals surface area contributed by atoms with Crippen LogP contribution in [-0.4, -0.2) is 31.9 Å². The molecule has 1 aliphatic carbocycles. The molecule has 0 amide bonds. The fourth-order valence-electron chi connectivity index (χ4n) is 1.77. The molecular formula is C14H23N3O2. The van der Waals surface area contributed by atoms with Crippen LogP contribution in [0.15, 0.2) is 12.1 Å². The molecule has 0 spiro atoms. The molecule has 1 unspecified atom stereocenters. The van der Waals surface area contributed by atoms with Crippen molar-refractivity contribution in [1.82, 2.24) is 4.98 Å². The number of nitrogens with zero attached hydrogens (tertiary/aromatic N) is 1. The average molecular weight is 265 g/mol. The Labute approximate surface area is 114 Å². The first-order chi connectivity index (χ1) is 9.19. The lowest BCUT2D eigenvalue weighted by Crippen LogP contribution is -2.16. The number of pyridine rings is 1. The van der Waals surface area contributed by atoms with Crippen molar-refractivity contribution in [2.24, 2.45) is 11.8 Å². The Bertz CT molecular complexity index is 408. The van der Waals surface area contributed by atoms with Crippen molar-refractivity contribution in [2.45, 2.75) is 19.8 Å². The third kappa shape index (κ3) is 4.59. The van der Waals surface area contributed by atoms with E-state index in [0.717, 1.165) is 25.6 Å². The molecule has 1 saturated carbocycles. The Morgan fingerprint density at radius 3 is 2.95 bits per heavy atom. The van der Waals surface area contributed by atoms with Gasteiger partial charge in [0, 0.05) is 13.7 Å². The van der Waals surface area contributed by atoms with E-state index in [0.29, 0.717) is 23.4 Å². The zero-order chi connectivity index (χ0) is 13.7. The number of nitrogens with one attached hydrogen (secondary N) is 1. The number of methoxy groups -OCH3 is 1. The largest absolute Gasteiger partial charge is 0.476 e. The normalized spacial score (nSPS) is 16.1. The van der Waals surface area contributed by atoms with Gasteiger partial charge >= 0.3 is 0 Å². The number of aromatic nitrogens is 1. The summed E-state index contributed by atoms with van der Waals surface area (Å²) in [6, 6.07) is 3.71. The first-order valence-corrected chi connectivity index (χ1v) is 6.81. The summed E-state index contributed by atoms with van der Waals surface area (Å²) in [5.41, 5.74) is 6.46. The molecule has 1 atom stereocenters. The maximum absolute atomic E-state index is 5.86. The van der Waals surface area contributed by atoms with Crippen molar-refractivity contribution in [1.29, 1.82) is 0 Å². The third-order valence-corrected chi connectivity index (χ3v) is 3.13. The topological polar surface area (TPSA) is 69.4 Å². The van der Waals surface area contributed by atoms with Gasteiger partial charge in [-0.05, 0) is 36.8 Å². The van der Waals surface area contributed by atoms with Gasteiger partial charge in [0.25, 0.3) is 0 Å². The van der Waals surface area contributed by atoms with E-state index in [1.54, 1.807) is 7.11 Å². The summed E-state index contributed by atoms with van der Waals surface area (Å²) in [4.78, 5) is 4.40. The van der Waals surface area contributed by atoms with Crippen LogP contribution in [0.4, 0.5) is 11.5 Å². The molecule has 1 fully saturated rings. The van der Waals surface area contributed by atoms with Gasteiger partial charge in [-0.1, -0.05) is 6.92 Å². The summed E-state index contributed by atoms with van der Waals surface area (Å²) in [5.74, 6) is 2.46. The number of hydrogen-bond donors (Lipinski definition) is 2. The molecule has 1 heterocycles. The van der Waals surface area contributed by atoms with Crippen LogP contribution >= 0.6 is 0 Å². The summed E-state index contributed by atoms with van der Waals surface area (Å²) in [5, 5.41) is 3.27. The highest BCUT2D eigenvalue weighted by Crippen LogP contribution is 2.30. The second-order valence-corrected chi connectivity index (χ2v) is 5.29. The maximum atomic E-state index is 5.86. The molecule has 106 valence electrons. The zero-order valence-corrected chi connectivity index (χ0v) is 11.7. The number of hydrogen-bond acceptors (Lipinski definition) is 5. The molecule has 0 aromatic carbocycles. The highest BCUT2D eigenvalue weighted by molar-refractivity contribution is 5.53. The lowest BCUT2D eigenvalue weighted by molar-refractivity contribution is 0.164. The highest BCUT2D eigenvalue weighted by atomic mass is 16.5. The molecule has 1 aromatic rings. The van der Waals surface area contributed by atoms with Gasteiger partial charge in [-0.25, -0.2) is 0 Å². The predicted octanol–water partition coefficient (Wildman–Crippen LogP) is 2.15. The van der Waals surface area contributed by atoms with Crippen LogP contribution in [0.1, 0.15) is 19.8 Å². The lowest BCUT2D eigenvalue weighted by atomic mass is 10.2. The van der Waals surface area contributed by atoms with Gasteiger partial charge in [0.05, 0.1) is 18.9 Å². The van der Waals surface area contributed by atoms with E-state index >= 15 is 0 Å². The molecule has 5 heteroatoms. The third-order valence-electron chi connectivity index (χ3n) is 3.13. The van der Waals surface area contributed by atoms with Gasteiger partial charge in [-0.3, -0.25) is 0 Å². The molecule has 1 aromatic heterocycles. The number of nitrogens with two attached hydrogens (primary N) is 1. The Morgan fingerprint density at radius 1 is 1.47 bits per heavy atom. The van der Waals surface area contributed by atoms with Crippen LogP contribution in [0.25, 0.3) is 0 Å². The second kappa shape index (κ2) is 6.61. The number of nitrogen functional groups attached to an aromatic ring is 1. The highest BCUT2D eigenvalue weighted by Gasteiger charge is 2.22. The second-order valence-electron chi connectivity index (χ2n) is 5.29. The summed E-state index contributed by atoms with van der Waals surface area (Å²) in [6.07, 6.45) is 2.51. The molecule has 2 rings (SSSR count). The van der Waals surface area contributed by atoms with Crippen LogP contribution in [-0.2, 0) is 4.74 Å². The Kier molecular flexibility index (Phi) is 4.85. The summed E-state index contributed by atoms with van der Waals surface area (Å²) < 4.78 is 10.8. The number of anilines is 2. The number of ether oxygens (including phenoxy) is 2. The molecule has 1 aliphatic rings. The predicted molar refractivity (Wildman–Crippen MR) is 76.4 cm³/mol. The van der Waals surface area contributed by atoms with Gasteiger partial charge in [0.1, 0.15) is 5.82 Å². The van der Waals surface area contributed by atoms with Crippen LogP contribution in [0.3, 0.4) is 0 Å². The van der Waals surface area contributed by atoms with E-state index in [1.165, 1.54) is 12.8 Å². The summed E-state index contributed by atoms with van der Waals surface area (Å²) >= 11 is 0. The van der Waals surface area contributed by atoms with Crippen molar-refractivity contribution in [3.05, 3.63) is 12.1 Å². The first-order valence-electron chi connectivity index (χ1n) is 6.81. The molecule has 19 heavy (non-hydrogen) atoms. The van der Waals surface area contributed by atoms with Crippen LogP contribution in [0, 0.1) is 11.8 Å². The molecule has 3 N–H and O–H groups in total. The first kappa shape index (κ1) is 13.9. The lowest BCUT2D eigenvalue weighted by Gasteiger charge is -2.13. The smallest absolute Gasteiger partial charge is 0.239 e. The van der Waals surface area contributed by atoms with Crippen LogP contribution in [0.5, 0.6) is 5.88 Å². The van der Waals surface area contributed by atoms with E-state index in [2.05, 4.69) is 17.2 Å². The Morgan fingerprint density at radius 2 is 2.26 bits per heavy atom. The van der Waals surface area contributed by atoms with Gasteiger partial charge < -0.3 is 20.5 Å². The standard InChI is InChI=1S/C14H23N3O2/c1-10(8-18-2)7-16-13-6-5-12(15)14(17-13)19-9-11-3-4-11/h5-6,10-11H,3-4,7-9,15H2,1-2H3,(H,16,17). The average Bonchev–Trinajstić information content (AvgIpc) is 3.21. The minimum atomic E-state index is 0.431. The van der Waals surface area contributed by atoms with Crippen molar-refractivity contribution >= 4 is 11.5 Å². The SMILES string of the molecule is COCC(C)CNc1ccc(N)c(OCC2CC2)n1. The maximum Gasteiger partial charge on any atom is 0.239 e. The van der Waals surface area contributed by atoms with Crippen LogP contribution in [0.2, 0.25) is 0 Å². The molecule has 5 nitrogen and oxygen atoms in total. The van der Waals surface area contributed by atoms with Crippen LogP contribution < -0.4 is 15.8 Å². The van der Waals surface area contributed by atoms with E-state index in [9.17, 15) is 0 Å². The molecule has 0 radical (unpaired) electrons. The minimum Gasteiger partial charge on any atom is -0.476 e. The minimum absolute atomic E-state index is 0.431. The van der Waals surface area contributed by atoms with Crippen molar-refractivity contribution in [3.63, 3.8) is 0 Å². The Hall–Kier alpha value is -1.49. The van der Waals surface area contributed by atoms with Crippen molar-refractivity contribution in [3.8, 4) is 5.88 Å². The van der Waals surface area contributed by atoms with Gasteiger partial charge in [0.15, 0.2) is 0 Å². The fraction of sp³-hybridized carbons (Fsp3) is 0.643. The van der Waals surface area contributed by atoms with E-state index in [-0.39, 0.29) is 0 Å². The van der Waals surface area contributed by atoms with Crippen molar-refractivity contribution in [2.75, 3.05) is 37.9 Å². The van der Waals surface area contributed by atoms with Gasteiger partial charge in [-0.2, -0.15) is 4.98 Å². The van der Waals surface area contributed by atoms with E-state index in [4.69, 9.17) is 15.2 Å². The zero-order valence-electron chi connectivity index (χ0n) is 11.7. The summed E-state index contributed by atoms with van der Waals surface area (Å²) in [6.45, 7) is 4.39. The molecular weight excluding hydrogens is 242 g/mol. The Balaban J connectivity index is 1.87. The molecule has 0 saturated heterocycles. The monoisotopic (exact) mass is 265 g/mol. The quantitative estimate of drug-likeness (QED) is 0.753.